The fraction of sp³-hybridized carbons (Fsp3) is 0.154. The largest absolute Gasteiger partial charge is 0.477 e. The quantitative estimate of drug-likeness (QED) is 0.805. The van der Waals surface area contributed by atoms with Crippen molar-refractivity contribution in [1.29, 1.82) is 0 Å². The number of imidazole rings is 1. The molecule has 0 aliphatic carbocycles. The molecule has 6 nitrogen and oxygen atoms in total. The number of carboxylic acids is 1. The van der Waals surface area contributed by atoms with Gasteiger partial charge in [0, 0.05) is 5.02 Å². The molecular formula is C13H12ClN3O3. The summed E-state index contributed by atoms with van der Waals surface area (Å²) in [7, 11) is 0. The van der Waals surface area contributed by atoms with Crippen molar-refractivity contribution in [3.63, 3.8) is 0 Å². The van der Waals surface area contributed by atoms with E-state index in [1.54, 1.807) is 31.2 Å². The molecule has 20 heavy (non-hydrogen) atoms. The van der Waals surface area contributed by atoms with Gasteiger partial charge >= 0.3 is 5.97 Å². The van der Waals surface area contributed by atoms with E-state index in [-0.39, 0.29) is 17.4 Å². The second-order valence-corrected chi connectivity index (χ2v) is 4.56. The summed E-state index contributed by atoms with van der Waals surface area (Å²) in [5.74, 6) is -1.81. The first-order valence-electron chi connectivity index (χ1n) is 5.82. The first-order chi connectivity index (χ1) is 9.50. The number of aromatic nitrogens is 2. The van der Waals surface area contributed by atoms with Crippen molar-refractivity contribution in [2.75, 3.05) is 0 Å². The second-order valence-electron chi connectivity index (χ2n) is 4.15. The summed E-state index contributed by atoms with van der Waals surface area (Å²) in [6, 6.07) is 6.74. The van der Waals surface area contributed by atoms with Crippen molar-refractivity contribution in [3.8, 4) is 0 Å². The SMILES string of the molecule is C[C@@H](NC(=O)c1nc[nH]c1C(=O)O)c1ccccc1Cl. The minimum Gasteiger partial charge on any atom is -0.477 e. The molecule has 3 N–H and O–H groups in total. The monoisotopic (exact) mass is 293 g/mol. The number of benzene rings is 1. The average Bonchev–Trinajstić information content (AvgIpc) is 2.88. The van der Waals surface area contributed by atoms with Gasteiger partial charge in [-0.25, -0.2) is 9.78 Å². The van der Waals surface area contributed by atoms with Crippen LogP contribution >= 0.6 is 11.6 Å². The molecule has 1 atom stereocenters. The minimum atomic E-state index is -1.24. The molecule has 7 heteroatoms. The number of hydrogen-bond donors (Lipinski definition) is 3. The zero-order valence-corrected chi connectivity index (χ0v) is 11.3. The number of H-pyrrole nitrogens is 1. The third-order valence-electron chi connectivity index (χ3n) is 2.79. The van der Waals surface area contributed by atoms with Crippen LogP contribution < -0.4 is 5.32 Å². The van der Waals surface area contributed by atoms with Gasteiger partial charge in [-0.2, -0.15) is 0 Å². The maximum atomic E-state index is 12.0. The molecule has 0 saturated carbocycles. The maximum absolute atomic E-state index is 12.0. The molecule has 0 saturated heterocycles. The van der Waals surface area contributed by atoms with Crippen molar-refractivity contribution < 1.29 is 14.7 Å². The van der Waals surface area contributed by atoms with Gasteiger partial charge in [-0.1, -0.05) is 29.8 Å². The first-order valence-corrected chi connectivity index (χ1v) is 6.20. The zero-order chi connectivity index (χ0) is 14.7. The predicted molar refractivity (Wildman–Crippen MR) is 72.9 cm³/mol. The molecular weight excluding hydrogens is 282 g/mol. The Balaban J connectivity index is 2.18. The van der Waals surface area contributed by atoms with E-state index in [9.17, 15) is 9.59 Å². The Labute approximate surface area is 119 Å². The molecule has 0 fully saturated rings. The normalized spacial score (nSPS) is 11.9. The van der Waals surface area contributed by atoms with Crippen molar-refractivity contribution in [3.05, 3.63) is 52.6 Å². The zero-order valence-electron chi connectivity index (χ0n) is 10.6. The van der Waals surface area contributed by atoms with Crippen LogP contribution in [-0.4, -0.2) is 27.0 Å². The Bertz CT molecular complexity index is 654. The van der Waals surface area contributed by atoms with Gasteiger partial charge in [0.1, 0.15) is 0 Å². The van der Waals surface area contributed by atoms with E-state index in [0.29, 0.717) is 5.02 Å². The first kappa shape index (κ1) is 14.1. The van der Waals surface area contributed by atoms with E-state index < -0.39 is 11.9 Å². The van der Waals surface area contributed by atoms with Crippen LogP contribution in [-0.2, 0) is 0 Å². The average molecular weight is 294 g/mol. The summed E-state index contributed by atoms with van der Waals surface area (Å²) in [5.41, 5.74) is 0.347. The Kier molecular flexibility index (Phi) is 4.05. The van der Waals surface area contributed by atoms with Crippen LogP contribution in [0.2, 0.25) is 5.02 Å². The van der Waals surface area contributed by atoms with Crippen molar-refractivity contribution in [2.24, 2.45) is 0 Å². The van der Waals surface area contributed by atoms with Gasteiger partial charge in [-0.3, -0.25) is 4.79 Å². The van der Waals surface area contributed by atoms with Crippen molar-refractivity contribution in [2.45, 2.75) is 13.0 Å². The van der Waals surface area contributed by atoms with Gasteiger partial charge in [0.25, 0.3) is 5.91 Å². The number of carbonyl (C=O) groups excluding carboxylic acids is 1. The Morgan fingerprint density at radius 3 is 2.75 bits per heavy atom. The van der Waals surface area contributed by atoms with Crippen LogP contribution in [0.3, 0.4) is 0 Å². The Morgan fingerprint density at radius 1 is 1.40 bits per heavy atom. The number of rotatable bonds is 4. The molecule has 2 aromatic rings. The van der Waals surface area contributed by atoms with Gasteiger partial charge in [0.2, 0.25) is 0 Å². The van der Waals surface area contributed by atoms with Crippen molar-refractivity contribution >= 4 is 23.5 Å². The Hall–Kier alpha value is -2.34. The molecule has 0 radical (unpaired) electrons. The number of nitrogens with one attached hydrogen (secondary N) is 2. The van der Waals surface area contributed by atoms with Crippen LogP contribution in [0.1, 0.15) is 39.5 Å². The van der Waals surface area contributed by atoms with E-state index in [2.05, 4.69) is 15.3 Å². The summed E-state index contributed by atoms with van der Waals surface area (Å²) in [5, 5.41) is 12.1. The molecule has 0 aliphatic rings. The number of amides is 1. The van der Waals surface area contributed by atoms with Gasteiger partial charge < -0.3 is 15.4 Å². The highest BCUT2D eigenvalue weighted by molar-refractivity contribution is 6.31. The number of halogens is 1. The minimum absolute atomic E-state index is 0.156. The van der Waals surface area contributed by atoms with Gasteiger partial charge in [0.15, 0.2) is 11.4 Å². The summed E-state index contributed by atoms with van der Waals surface area (Å²) >= 11 is 6.04. The molecule has 1 heterocycles. The van der Waals surface area contributed by atoms with E-state index in [1.807, 2.05) is 0 Å². The number of aromatic carboxylic acids is 1. The molecule has 1 amide bonds. The lowest BCUT2D eigenvalue weighted by Crippen LogP contribution is -2.28. The second kappa shape index (κ2) is 5.75. The lowest BCUT2D eigenvalue weighted by atomic mass is 10.1. The highest BCUT2D eigenvalue weighted by Crippen LogP contribution is 2.22. The summed E-state index contributed by atoms with van der Waals surface area (Å²) < 4.78 is 0. The fourth-order valence-corrected chi connectivity index (χ4v) is 2.10. The highest BCUT2D eigenvalue weighted by atomic mass is 35.5. The number of hydrogen-bond acceptors (Lipinski definition) is 3. The predicted octanol–water partition coefficient (Wildman–Crippen LogP) is 2.25. The lowest BCUT2D eigenvalue weighted by Gasteiger charge is -2.15. The standard InChI is InChI=1S/C13H12ClN3O3/c1-7(8-4-2-3-5-9(8)14)17-12(18)10-11(13(19)20)16-6-15-10/h2-7H,1H3,(H,15,16)(H,17,18)(H,19,20)/t7-/m1/s1. The van der Waals surface area contributed by atoms with Gasteiger partial charge in [-0.05, 0) is 18.6 Å². The van der Waals surface area contributed by atoms with E-state index >= 15 is 0 Å². The third-order valence-corrected chi connectivity index (χ3v) is 3.13. The Morgan fingerprint density at radius 2 is 2.10 bits per heavy atom. The van der Waals surface area contributed by atoms with E-state index in [1.165, 1.54) is 6.33 Å². The molecule has 0 bridgehead atoms. The maximum Gasteiger partial charge on any atom is 0.354 e. The van der Waals surface area contributed by atoms with E-state index in [4.69, 9.17) is 16.7 Å². The molecule has 0 spiro atoms. The number of aromatic amines is 1. The molecule has 104 valence electrons. The lowest BCUT2D eigenvalue weighted by molar-refractivity contribution is 0.0684. The van der Waals surface area contributed by atoms with Crippen LogP contribution in [0.5, 0.6) is 0 Å². The van der Waals surface area contributed by atoms with E-state index in [0.717, 1.165) is 5.56 Å². The van der Waals surface area contributed by atoms with Crippen LogP contribution in [0.25, 0.3) is 0 Å². The fourth-order valence-electron chi connectivity index (χ4n) is 1.80. The van der Waals surface area contributed by atoms with Crippen molar-refractivity contribution in [1.82, 2.24) is 15.3 Å². The molecule has 1 aromatic heterocycles. The molecule has 0 unspecified atom stereocenters. The van der Waals surface area contributed by atoms with Gasteiger partial charge in [0.05, 0.1) is 12.4 Å². The van der Waals surface area contributed by atoms with Crippen LogP contribution in [0, 0.1) is 0 Å². The third kappa shape index (κ3) is 2.80. The topological polar surface area (TPSA) is 95.1 Å². The summed E-state index contributed by atoms with van der Waals surface area (Å²) in [6.07, 6.45) is 1.17. The smallest absolute Gasteiger partial charge is 0.354 e. The van der Waals surface area contributed by atoms with Crippen LogP contribution in [0.15, 0.2) is 30.6 Å². The molecule has 2 rings (SSSR count). The van der Waals surface area contributed by atoms with Gasteiger partial charge in [-0.15, -0.1) is 0 Å². The van der Waals surface area contributed by atoms with Crippen LogP contribution in [0.4, 0.5) is 0 Å². The number of carbonyl (C=O) groups is 2. The summed E-state index contributed by atoms with van der Waals surface area (Å²) in [6.45, 7) is 1.76. The highest BCUT2D eigenvalue weighted by Gasteiger charge is 2.21. The summed E-state index contributed by atoms with van der Waals surface area (Å²) in [4.78, 5) is 29.1. The number of carboxylic acid groups (broad SMARTS) is 1. The number of nitrogens with zero attached hydrogens (tertiary/aromatic N) is 1. The molecule has 1 aromatic carbocycles. The molecule has 0 aliphatic heterocycles.